The molecule has 1 atom stereocenters. The molecule has 0 nitrogen and oxygen atoms in total. The van der Waals surface area contributed by atoms with E-state index in [0.717, 1.165) is 18.6 Å². The van der Waals surface area contributed by atoms with Gasteiger partial charge in [0.25, 0.3) is 0 Å². The number of rotatable bonds is 8. The molecule has 0 heterocycles. The lowest BCUT2D eigenvalue weighted by atomic mass is 9.94. The molecule has 0 aliphatic heterocycles. The monoisotopic (exact) mass is 252 g/mol. The van der Waals surface area contributed by atoms with Crippen LogP contribution in [-0.2, 0) is 0 Å². The van der Waals surface area contributed by atoms with E-state index in [0.29, 0.717) is 12.3 Å². The first-order valence-electron chi connectivity index (χ1n) is 6.21. The molecule has 1 unspecified atom stereocenters. The van der Waals surface area contributed by atoms with Gasteiger partial charge in [-0.25, -0.2) is 0 Å². The van der Waals surface area contributed by atoms with E-state index < -0.39 is 0 Å². The van der Waals surface area contributed by atoms with Gasteiger partial charge in [0, 0.05) is 10.6 Å². The minimum atomic E-state index is -0.228. The molecule has 17 heavy (non-hydrogen) atoms. The summed E-state index contributed by atoms with van der Waals surface area (Å²) >= 11 is 1.84. The smallest absolute Gasteiger partial charge is 0.0900 e. The summed E-state index contributed by atoms with van der Waals surface area (Å²) in [6, 6.07) is 8.56. The molecule has 0 fully saturated rings. The second-order valence-electron chi connectivity index (χ2n) is 4.08. The van der Waals surface area contributed by atoms with Gasteiger partial charge in [-0.15, -0.1) is 18.3 Å². The zero-order chi connectivity index (χ0) is 12.5. The summed E-state index contributed by atoms with van der Waals surface area (Å²) in [6.07, 6.45) is 4.62. The van der Waals surface area contributed by atoms with E-state index in [-0.39, 0.29) is 6.67 Å². The fraction of sp³-hybridized carbons (Fsp3) is 0.467. The highest BCUT2D eigenvalue weighted by atomic mass is 32.2. The standard InChI is InChI=1S/C15H21FS/c1-3-5-12-17-15-8-6-14(7-9-15)13(4-2)10-11-16/h3,6-9,13H,1,4-5,10-12H2,2H3. The Morgan fingerprint density at radius 1 is 1.35 bits per heavy atom. The van der Waals surface area contributed by atoms with Crippen LogP contribution in [0.4, 0.5) is 4.39 Å². The average molecular weight is 252 g/mol. The summed E-state index contributed by atoms with van der Waals surface area (Å²) < 4.78 is 12.4. The number of benzene rings is 1. The minimum absolute atomic E-state index is 0.228. The van der Waals surface area contributed by atoms with E-state index in [1.807, 2.05) is 17.8 Å². The molecule has 2 heteroatoms. The maximum atomic E-state index is 12.4. The van der Waals surface area contributed by atoms with Crippen LogP contribution in [0.25, 0.3) is 0 Å². The normalized spacial score (nSPS) is 12.4. The van der Waals surface area contributed by atoms with Gasteiger partial charge in [-0.05, 0) is 42.9 Å². The number of hydrogen-bond acceptors (Lipinski definition) is 1. The zero-order valence-electron chi connectivity index (χ0n) is 10.5. The molecule has 1 aromatic carbocycles. The molecule has 0 N–H and O–H groups in total. The van der Waals surface area contributed by atoms with Crippen molar-refractivity contribution in [1.29, 1.82) is 0 Å². The number of thioether (sulfide) groups is 1. The maximum absolute atomic E-state index is 12.4. The predicted octanol–water partition coefficient (Wildman–Crippen LogP) is 5.21. The Morgan fingerprint density at radius 2 is 2.06 bits per heavy atom. The van der Waals surface area contributed by atoms with Crippen molar-refractivity contribution in [2.45, 2.75) is 37.0 Å². The SMILES string of the molecule is C=CCCSc1ccc(C(CC)CCF)cc1. The van der Waals surface area contributed by atoms with Gasteiger partial charge < -0.3 is 0 Å². The molecule has 0 saturated heterocycles. The van der Waals surface area contributed by atoms with Crippen molar-refractivity contribution >= 4 is 11.8 Å². The van der Waals surface area contributed by atoms with Gasteiger partial charge in [0.15, 0.2) is 0 Å². The van der Waals surface area contributed by atoms with Crippen molar-refractivity contribution in [1.82, 2.24) is 0 Å². The van der Waals surface area contributed by atoms with Crippen molar-refractivity contribution < 1.29 is 4.39 Å². The first-order chi connectivity index (χ1) is 8.31. The Morgan fingerprint density at radius 3 is 2.59 bits per heavy atom. The van der Waals surface area contributed by atoms with E-state index in [1.54, 1.807) is 0 Å². The van der Waals surface area contributed by atoms with Crippen LogP contribution in [0.15, 0.2) is 41.8 Å². The molecule has 0 spiro atoms. The molecule has 1 aromatic rings. The highest BCUT2D eigenvalue weighted by Gasteiger charge is 2.08. The van der Waals surface area contributed by atoms with Crippen LogP contribution < -0.4 is 0 Å². The molecular formula is C15H21FS. The maximum Gasteiger partial charge on any atom is 0.0900 e. The number of alkyl halides is 1. The number of halogens is 1. The van der Waals surface area contributed by atoms with Crippen LogP contribution in [0.5, 0.6) is 0 Å². The van der Waals surface area contributed by atoms with E-state index >= 15 is 0 Å². The fourth-order valence-electron chi connectivity index (χ4n) is 1.83. The topological polar surface area (TPSA) is 0 Å². The van der Waals surface area contributed by atoms with Gasteiger partial charge >= 0.3 is 0 Å². The van der Waals surface area contributed by atoms with Crippen molar-refractivity contribution in [2.24, 2.45) is 0 Å². The van der Waals surface area contributed by atoms with Gasteiger partial charge in [-0.1, -0.05) is 25.1 Å². The van der Waals surface area contributed by atoms with Gasteiger partial charge in [0.05, 0.1) is 6.67 Å². The lowest BCUT2D eigenvalue weighted by molar-refractivity contribution is 0.433. The summed E-state index contributed by atoms with van der Waals surface area (Å²) in [5, 5.41) is 0. The average Bonchev–Trinajstić information content (AvgIpc) is 2.37. The van der Waals surface area contributed by atoms with Crippen LogP contribution in [-0.4, -0.2) is 12.4 Å². The van der Waals surface area contributed by atoms with Crippen molar-refractivity contribution in [3.05, 3.63) is 42.5 Å². The first kappa shape index (κ1) is 14.3. The lowest BCUT2D eigenvalue weighted by Gasteiger charge is -2.13. The predicted molar refractivity (Wildman–Crippen MR) is 75.6 cm³/mol. The minimum Gasteiger partial charge on any atom is -0.251 e. The third-order valence-corrected chi connectivity index (χ3v) is 3.94. The number of allylic oxidation sites excluding steroid dienone is 1. The molecule has 0 saturated carbocycles. The van der Waals surface area contributed by atoms with E-state index in [4.69, 9.17) is 0 Å². The highest BCUT2D eigenvalue weighted by molar-refractivity contribution is 7.99. The summed E-state index contributed by atoms with van der Waals surface area (Å²) in [5.74, 6) is 1.44. The van der Waals surface area contributed by atoms with Crippen LogP contribution in [0.2, 0.25) is 0 Å². The Bertz CT molecular complexity index is 318. The van der Waals surface area contributed by atoms with Gasteiger partial charge in [0.2, 0.25) is 0 Å². The van der Waals surface area contributed by atoms with Gasteiger partial charge in [-0.2, -0.15) is 0 Å². The molecule has 1 rings (SSSR count). The van der Waals surface area contributed by atoms with E-state index in [2.05, 4.69) is 37.8 Å². The highest BCUT2D eigenvalue weighted by Crippen LogP contribution is 2.26. The third-order valence-electron chi connectivity index (χ3n) is 2.89. The van der Waals surface area contributed by atoms with E-state index in [1.165, 1.54) is 10.5 Å². The van der Waals surface area contributed by atoms with Crippen LogP contribution >= 0.6 is 11.8 Å². The quantitative estimate of drug-likeness (QED) is 0.348. The van der Waals surface area contributed by atoms with Gasteiger partial charge in [0.1, 0.15) is 0 Å². The fourth-order valence-corrected chi connectivity index (χ4v) is 2.68. The molecular weight excluding hydrogens is 231 g/mol. The molecule has 0 aromatic heterocycles. The third kappa shape index (κ3) is 4.95. The Balaban J connectivity index is 2.56. The molecule has 0 radical (unpaired) electrons. The van der Waals surface area contributed by atoms with E-state index in [9.17, 15) is 4.39 Å². The summed E-state index contributed by atoms with van der Waals surface area (Å²) in [5.41, 5.74) is 1.26. The second-order valence-corrected chi connectivity index (χ2v) is 5.25. The Labute approximate surface area is 108 Å². The first-order valence-corrected chi connectivity index (χ1v) is 7.20. The van der Waals surface area contributed by atoms with Crippen molar-refractivity contribution in [2.75, 3.05) is 12.4 Å². The van der Waals surface area contributed by atoms with Gasteiger partial charge in [-0.3, -0.25) is 4.39 Å². The van der Waals surface area contributed by atoms with Crippen LogP contribution in [0, 0.1) is 0 Å². The Kier molecular flexibility index (Phi) is 7.02. The lowest BCUT2D eigenvalue weighted by Crippen LogP contribution is -1.98. The van der Waals surface area contributed by atoms with Crippen LogP contribution in [0.3, 0.4) is 0 Å². The second kappa shape index (κ2) is 8.35. The molecule has 0 bridgehead atoms. The van der Waals surface area contributed by atoms with Crippen LogP contribution in [0.1, 0.15) is 37.7 Å². The Hall–Kier alpha value is -0.760. The summed E-state index contributed by atoms with van der Waals surface area (Å²) in [7, 11) is 0. The summed E-state index contributed by atoms with van der Waals surface area (Å²) in [4.78, 5) is 1.28. The molecule has 0 amide bonds. The van der Waals surface area contributed by atoms with Crippen molar-refractivity contribution in [3.8, 4) is 0 Å². The largest absolute Gasteiger partial charge is 0.251 e. The molecule has 0 aliphatic carbocycles. The summed E-state index contributed by atoms with van der Waals surface area (Å²) in [6.45, 7) is 5.60. The number of hydrogen-bond donors (Lipinski definition) is 0. The molecule has 0 aliphatic rings. The van der Waals surface area contributed by atoms with Crippen molar-refractivity contribution in [3.63, 3.8) is 0 Å². The zero-order valence-corrected chi connectivity index (χ0v) is 11.3. The molecule has 94 valence electrons.